The number of amides is 1. The van der Waals surface area contributed by atoms with Crippen LogP contribution < -0.4 is 5.73 Å². The number of hydrogen-bond donors (Lipinski definition) is 1. The van der Waals surface area contributed by atoms with Crippen LogP contribution in [0.5, 0.6) is 0 Å². The molecule has 3 rings (SSSR count). The van der Waals surface area contributed by atoms with Gasteiger partial charge in [0.15, 0.2) is 0 Å². The number of hydrogen-bond acceptors (Lipinski definition) is 2. The molecule has 2 saturated carbocycles. The van der Waals surface area contributed by atoms with Crippen molar-refractivity contribution in [3.8, 4) is 0 Å². The van der Waals surface area contributed by atoms with Gasteiger partial charge < -0.3 is 10.6 Å². The van der Waals surface area contributed by atoms with E-state index in [0.29, 0.717) is 6.42 Å². The second kappa shape index (κ2) is 2.96. The SMILES string of the molecule is NC1CC(=O)N(CC2CC2C2CC2)C1. The Hall–Kier alpha value is -0.570. The van der Waals surface area contributed by atoms with Crippen molar-refractivity contribution in [2.45, 2.75) is 31.7 Å². The minimum absolute atomic E-state index is 0.0978. The fraction of sp³-hybridized carbons (Fsp3) is 0.909. The fourth-order valence-electron chi connectivity index (χ4n) is 2.84. The molecule has 3 heteroatoms. The summed E-state index contributed by atoms with van der Waals surface area (Å²) >= 11 is 0. The number of carbonyl (C=O) groups is 1. The first-order valence-corrected chi connectivity index (χ1v) is 5.77. The highest BCUT2D eigenvalue weighted by Crippen LogP contribution is 2.54. The van der Waals surface area contributed by atoms with Crippen molar-refractivity contribution in [3.05, 3.63) is 0 Å². The maximum absolute atomic E-state index is 11.5. The normalized spacial score (nSPS) is 41.9. The molecule has 3 aliphatic rings. The van der Waals surface area contributed by atoms with E-state index in [0.717, 1.165) is 30.8 Å². The van der Waals surface area contributed by atoms with Gasteiger partial charge in [0.1, 0.15) is 0 Å². The van der Waals surface area contributed by atoms with Crippen molar-refractivity contribution in [1.29, 1.82) is 0 Å². The molecule has 0 bridgehead atoms. The van der Waals surface area contributed by atoms with Gasteiger partial charge in [-0.25, -0.2) is 0 Å². The van der Waals surface area contributed by atoms with Crippen LogP contribution in [-0.4, -0.2) is 29.9 Å². The third kappa shape index (κ3) is 1.54. The minimum atomic E-state index is 0.0978. The lowest BCUT2D eigenvalue weighted by Gasteiger charge is -2.15. The molecule has 0 aromatic rings. The van der Waals surface area contributed by atoms with Crippen molar-refractivity contribution in [2.75, 3.05) is 13.1 Å². The highest BCUT2D eigenvalue weighted by atomic mass is 16.2. The van der Waals surface area contributed by atoms with Gasteiger partial charge in [-0.15, -0.1) is 0 Å². The molecule has 2 N–H and O–H groups in total. The second-order valence-corrected chi connectivity index (χ2v) is 5.26. The summed E-state index contributed by atoms with van der Waals surface area (Å²) in [5, 5.41) is 0. The zero-order chi connectivity index (χ0) is 9.71. The molecule has 0 radical (unpaired) electrons. The van der Waals surface area contributed by atoms with Crippen LogP contribution in [0.3, 0.4) is 0 Å². The number of nitrogens with zero attached hydrogens (tertiary/aromatic N) is 1. The van der Waals surface area contributed by atoms with E-state index in [4.69, 9.17) is 5.73 Å². The first kappa shape index (κ1) is 8.72. The van der Waals surface area contributed by atoms with Crippen LogP contribution in [0.4, 0.5) is 0 Å². The van der Waals surface area contributed by atoms with Crippen molar-refractivity contribution in [3.63, 3.8) is 0 Å². The fourth-order valence-corrected chi connectivity index (χ4v) is 2.84. The maximum Gasteiger partial charge on any atom is 0.224 e. The molecular formula is C11H18N2O. The van der Waals surface area contributed by atoms with Crippen LogP contribution in [0.2, 0.25) is 0 Å². The van der Waals surface area contributed by atoms with E-state index in [1.54, 1.807) is 0 Å². The lowest BCUT2D eigenvalue weighted by molar-refractivity contribution is -0.127. The molecule has 0 aromatic carbocycles. The predicted molar refractivity (Wildman–Crippen MR) is 53.5 cm³/mol. The summed E-state index contributed by atoms with van der Waals surface area (Å²) in [6.45, 7) is 1.79. The molecule has 1 saturated heterocycles. The third-order valence-electron chi connectivity index (χ3n) is 3.90. The van der Waals surface area contributed by atoms with Crippen molar-refractivity contribution >= 4 is 5.91 Å². The Kier molecular flexibility index (Phi) is 1.84. The van der Waals surface area contributed by atoms with E-state index in [2.05, 4.69) is 0 Å². The van der Waals surface area contributed by atoms with Crippen molar-refractivity contribution in [1.82, 2.24) is 4.90 Å². The van der Waals surface area contributed by atoms with Crippen molar-refractivity contribution < 1.29 is 4.79 Å². The zero-order valence-corrected chi connectivity index (χ0v) is 8.48. The summed E-state index contributed by atoms with van der Waals surface area (Å²) < 4.78 is 0. The van der Waals surface area contributed by atoms with Crippen LogP contribution in [0.25, 0.3) is 0 Å². The molecule has 3 fully saturated rings. The van der Waals surface area contributed by atoms with Crippen molar-refractivity contribution in [2.24, 2.45) is 23.5 Å². The van der Waals surface area contributed by atoms with Gasteiger partial charge in [-0.1, -0.05) is 0 Å². The van der Waals surface area contributed by atoms with Gasteiger partial charge in [-0.3, -0.25) is 4.79 Å². The highest BCUT2D eigenvalue weighted by Gasteiger charge is 2.48. The summed E-state index contributed by atoms with van der Waals surface area (Å²) in [6.07, 6.45) is 4.81. The molecule has 1 aliphatic heterocycles. The lowest BCUT2D eigenvalue weighted by atomic mass is 10.2. The van der Waals surface area contributed by atoms with E-state index < -0.39 is 0 Å². The van der Waals surface area contributed by atoms with Gasteiger partial charge in [0.05, 0.1) is 0 Å². The predicted octanol–water partition coefficient (Wildman–Crippen LogP) is 0.592. The first-order valence-electron chi connectivity index (χ1n) is 5.77. The van der Waals surface area contributed by atoms with Gasteiger partial charge in [0, 0.05) is 25.6 Å². The quantitative estimate of drug-likeness (QED) is 0.715. The third-order valence-corrected chi connectivity index (χ3v) is 3.90. The number of rotatable bonds is 3. The molecule has 3 nitrogen and oxygen atoms in total. The van der Waals surface area contributed by atoms with Crippen LogP contribution in [0, 0.1) is 17.8 Å². The average molecular weight is 194 g/mol. The monoisotopic (exact) mass is 194 g/mol. The van der Waals surface area contributed by atoms with Gasteiger partial charge in [0.25, 0.3) is 0 Å². The summed E-state index contributed by atoms with van der Waals surface area (Å²) in [5.41, 5.74) is 5.76. The zero-order valence-electron chi connectivity index (χ0n) is 8.48. The Bertz CT molecular complexity index is 262. The largest absolute Gasteiger partial charge is 0.341 e. The minimum Gasteiger partial charge on any atom is -0.341 e. The van der Waals surface area contributed by atoms with Gasteiger partial charge in [0.2, 0.25) is 5.91 Å². The molecular weight excluding hydrogens is 176 g/mol. The van der Waals surface area contributed by atoms with Gasteiger partial charge >= 0.3 is 0 Å². The molecule has 3 atom stereocenters. The molecule has 2 aliphatic carbocycles. The molecule has 1 heterocycles. The average Bonchev–Trinajstić information content (AvgIpc) is 2.95. The highest BCUT2D eigenvalue weighted by molar-refractivity contribution is 5.79. The number of carbonyl (C=O) groups excluding carboxylic acids is 1. The Morgan fingerprint density at radius 2 is 2.21 bits per heavy atom. The summed E-state index contributed by atoms with van der Waals surface area (Å²) in [7, 11) is 0. The Balaban J connectivity index is 1.51. The summed E-state index contributed by atoms with van der Waals surface area (Å²) in [6, 6.07) is 0.0978. The van der Waals surface area contributed by atoms with E-state index in [1.165, 1.54) is 19.3 Å². The summed E-state index contributed by atoms with van der Waals surface area (Å²) in [5.74, 6) is 3.07. The second-order valence-electron chi connectivity index (χ2n) is 5.26. The Labute approximate surface area is 84.6 Å². The molecule has 0 spiro atoms. The van der Waals surface area contributed by atoms with Crippen LogP contribution in [-0.2, 0) is 4.79 Å². The van der Waals surface area contributed by atoms with Gasteiger partial charge in [-0.2, -0.15) is 0 Å². The molecule has 1 amide bonds. The smallest absolute Gasteiger partial charge is 0.224 e. The topological polar surface area (TPSA) is 46.3 Å². The lowest BCUT2D eigenvalue weighted by Crippen LogP contribution is -2.30. The Morgan fingerprint density at radius 1 is 1.43 bits per heavy atom. The van der Waals surface area contributed by atoms with Gasteiger partial charge in [-0.05, 0) is 37.0 Å². The van der Waals surface area contributed by atoms with Crippen LogP contribution in [0.1, 0.15) is 25.7 Å². The maximum atomic E-state index is 11.5. The first-order chi connectivity index (χ1) is 6.74. The molecule has 0 aromatic heterocycles. The van der Waals surface area contributed by atoms with E-state index in [1.807, 2.05) is 4.90 Å². The van der Waals surface area contributed by atoms with Crippen LogP contribution >= 0.6 is 0 Å². The van der Waals surface area contributed by atoms with E-state index in [9.17, 15) is 4.79 Å². The standard InChI is InChI=1S/C11H18N2O/c12-9-4-11(14)13(6-9)5-8-3-10(8)7-1-2-7/h7-10H,1-6,12H2. The number of likely N-dealkylation sites (tertiary alicyclic amines) is 1. The molecule has 3 unspecified atom stereocenters. The van der Waals surface area contributed by atoms with Crippen LogP contribution in [0.15, 0.2) is 0 Å². The molecule has 78 valence electrons. The number of nitrogens with two attached hydrogens (primary N) is 1. The van der Waals surface area contributed by atoms with E-state index >= 15 is 0 Å². The molecule has 14 heavy (non-hydrogen) atoms. The van der Waals surface area contributed by atoms with E-state index in [-0.39, 0.29) is 11.9 Å². The Morgan fingerprint density at radius 3 is 2.79 bits per heavy atom. The summed E-state index contributed by atoms with van der Waals surface area (Å²) in [4.78, 5) is 13.5.